The summed E-state index contributed by atoms with van der Waals surface area (Å²) in [5.74, 6) is -0.204. The number of amides is 1. The van der Waals surface area contributed by atoms with Gasteiger partial charge in [0.15, 0.2) is 0 Å². The summed E-state index contributed by atoms with van der Waals surface area (Å²) in [7, 11) is 1.64. The molecule has 1 unspecified atom stereocenters. The first-order valence-corrected chi connectivity index (χ1v) is 7.21. The Bertz CT molecular complexity index is 454. The Morgan fingerprint density at radius 1 is 1.33 bits per heavy atom. The highest BCUT2D eigenvalue weighted by Gasteiger charge is 2.12. The molecular weight excluding hydrogens is 271 g/mol. The molecule has 4 nitrogen and oxygen atoms in total. The third kappa shape index (κ3) is 5.81. The van der Waals surface area contributed by atoms with E-state index < -0.39 is 0 Å². The molecule has 0 saturated heterocycles. The summed E-state index contributed by atoms with van der Waals surface area (Å²) in [6.45, 7) is 7.09. The first kappa shape index (κ1) is 17.6. The van der Waals surface area contributed by atoms with E-state index in [0.717, 1.165) is 12.0 Å². The maximum absolute atomic E-state index is 13.5. The zero-order valence-electron chi connectivity index (χ0n) is 13.3. The molecule has 1 rings (SSSR count). The van der Waals surface area contributed by atoms with Crippen LogP contribution in [0.1, 0.15) is 30.0 Å². The van der Waals surface area contributed by atoms with Gasteiger partial charge >= 0.3 is 0 Å². The summed E-state index contributed by atoms with van der Waals surface area (Å²) in [6, 6.07) is 3.31. The lowest BCUT2D eigenvalue weighted by Gasteiger charge is -2.15. The van der Waals surface area contributed by atoms with Crippen LogP contribution in [0, 0.1) is 19.7 Å². The molecular formula is C16H25FN2O2. The zero-order chi connectivity index (χ0) is 15.8. The SMILES string of the molecule is COCCCNC(=O)C(C)NCc1cc(C)c(F)c(C)c1. The second-order valence-electron chi connectivity index (χ2n) is 5.28. The number of hydrogen-bond donors (Lipinski definition) is 2. The average molecular weight is 296 g/mol. The summed E-state index contributed by atoms with van der Waals surface area (Å²) in [4.78, 5) is 11.8. The van der Waals surface area contributed by atoms with E-state index in [9.17, 15) is 9.18 Å². The third-order valence-corrected chi connectivity index (χ3v) is 3.33. The fourth-order valence-corrected chi connectivity index (χ4v) is 2.08. The van der Waals surface area contributed by atoms with Crippen molar-refractivity contribution in [2.24, 2.45) is 0 Å². The van der Waals surface area contributed by atoms with Crippen molar-refractivity contribution in [2.45, 2.75) is 39.8 Å². The van der Waals surface area contributed by atoms with Crippen molar-refractivity contribution >= 4 is 5.91 Å². The second-order valence-corrected chi connectivity index (χ2v) is 5.28. The van der Waals surface area contributed by atoms with E-state index in [4.69, 9.17) is 4.74 Å². The van der Waals surface area contributed by atoms with E-state index in [1.54, 1.807) is 33.1 Å². The molecule has 0 aliphatic rings. The molecule has 118 valence electrons. The van der Waals surface area contributed by atoms with Crippen LogP contribution < -0.4 is 10.6 Å². The average Bonchev–Trinajstić information content (AvgIpc) is 2.46. The van der Waals surface area contributed by atoms with Crippen LogP contribution in [0.4, 0.5) is 4.39 Å². The molecule has 0 spiro atoms. The predicted molar refractivity (Wildman–Crippen MR) is 81.7 cm³/mol. The Morgan fingerprint density at radius 2 is 1.95 bits per heavy atom. The van der Waals surface area contributed by atoms with Gasteiger partial charge in [-0.1, -0.05) is 12.1 Å². The normalized spacial score (nSPS) is 12.2. The largest absolute Gasteiger partial charge is 0.385 e. The lowest BCUT2D eigenvalue weighted by atomic mass is 10.1. The highest BCUT2D eigenvalue weighted by Crippen LogP contribution is 2.14. The topological polar surface area (TPSA) is 50.4 Å². The number of nitrogens with one attached hydrogen (secondary N) is 2. The van der Waals surface area contributed by atoms with Crippen LogP contribution in [0.2, 0.25) is 0 Å². The monoisotopic (exact) mass is 296 g/mol. The molecule has 21 heavy (non-hydrogen) atoms. The Hall–Kier alpha value is -1.46. The van der Waals surface area contributed by atoms with Crippen molar-refractivity contribution < 1.29 is 13.9 Å². The molecule has 0 aliphatic carbocycles. The van der Waals surface area contributed by atoms with E-state index in [0.29, 0.717) is 30.8 Å². The molecule has 0 aromatic heterocycles. The molecule has 1 aromatic carbocycles. The summed E-state index contributed by atoms with van der Waals surface area (Å²) in [5.41, 5.74) is 2.23. The highest BCUT2D eigenvalue weighted by molar-refractivity contribution is 5.81. The Morgan fingerprint density at radius 3 is 2.52 bits per heavy atom. The number of rotatable bonds is 8. The minimum absolute atomic E-state index is 0.0401. The van der Waals surface area contributed by atoms with E-state index in [1.165, 1.54) is 0 Å². The Balaban J connectivity index is 2.42. The second kappa shape index (κ2) is 8.74. The van der Waals surface area contributed by atoms with Gasteiger partial charge in [-0.25, -0.2) is 4.39 Å². The number of hydrogen-bond acceptors (Lipinski definition) is 3. The summed E-state index contributed by atoms with van der Waals surface area (Å²) in [5, 5.41) is 5.99. The third-order valence-electron chi connectivity index (χ3n) is 3.33. The van der Waals surface area contributed by atoms with E-state index in [-0.39, 0.29) is 17.8 Å². The standard InChI is InChI=1S/C16H25FN2O2/c1-11-8-14(9-12(2)15(11)17)10-19-13(3)16(20)18-6-5-7-21-4/h8-9,13,19H,5-7,10H2,1-4H3,(H,18,20). The van der Waals surface area contributed by atoms with Crippen molar-refractivity contribution in [3.8, 4) is 0 Å². The molecule has 2 N–H and O–H groups in total. The minimum atomic E-state index is -0.293. The molecule has 5 heteroatoms. The van der Waals surface area contributed by atoms with Crippen LogP contribution >= 0.6 is 0 Å². The minimum Gasteiger partial charge on any atom is -0.385 e. The lowest BCUT2D eigenvalue weighted by Crippen LogP contribution is -2.42. The smallest absolute Gasteiger partial charge is 0.236 e. The van der Waals surface area contributed by atoms with E-state index in [1.807, 2.05) is 6.92 Å². The van der Waals surface area contributed by atoms with E-state index >= 15 is 0 Å². The van der Waals surface area contributed by atoms with Crippen molar-refractivity contribution in [1.82, 2.24) is 10.6 Å². The zero-order valence-corrected chi connectivity index (χ0v) is 13.3. The Kier molecular flexibility index (Phi) is 7.32. The molecule has 1 atom stereocenters. The van der Waals surface area contributed by atoms with Crippen molar-refractivity contribution in [3.05, 3.63) is 34.6 Å². The summed E-state index contributed by atoms with van der Waals surface area (Å²) >= 11 is 0. The van der Waals surface area contributed by atoms with Gasteiger partial charge in [-0.05, 0) is 43.9 Å². The van der Waals surface area contributed by atoms with Crippen LogP contribution in [0.15, 0.2) is 12.1 Å². The van der Waals surface area contributed by atoms with Crippen LogP contribution in [0.3, 0.4) is 0 Å². The first-order valence-electron chi connectivity index (χ1n) is 7.21. The van der Waals surface area contributed by atoms with Gasteiger partial charge in [0, 0.05) is 26.8 Å². The van der Waals surface area contributed by atoms with Crippen molar-refractivity contribution in [2.75, 3.05) is 20.3 Å². The van der Waals surface area contributed by atoms with Gasteiger partial charge in [-0.15, -0.1) is 0 Å². The number of benzene rings is 1. The lowest BCUT2D eigenvalue weighted by molar-refractivity contribution is -0.122. The van der Waals surface area contributed by atoms with Crippen LogP contribution in [-0.4, -0.2) is 32.2 Å². The number of halogens is 1. The van der Waals surface area contributed by atoms with Gasteiger partial charge in [0.1, 0.15) is 5.82 Å². The molecule has 0 saturated carbocycles. The molecule has 0 radical (unpaired) electrons. The number of ether oxygens (including phenoxy) is 1. The molecule has 1 amide bonds. The molecule has 0 aliphatic heterocycles. The van der Waals surface area contributed by atoms with Gasteiger partial charge in [0.25, 0.3) is 0 Å². The molecule has 0 bridgehead atoms. The quantitative estimate of drug-likeness (QED) is 0.722. The first-order chi connectivity index (χ1) is 9.95. The fraction of sp³-hybridized carbons (Fsp3) is 0.562. The van der Waals surface area contributed by atoms with Crippen LogP contribution in [0.5, 0.6) is 0 Å². The Labute approximate surface area is 126 Å². The molecule has 0 fully saturated rings. The summed E-state index contributed by atoms with van der Waals surface area (Å²) < 4.78 is 18.5. The number of aryl methyl sites for hydroxylation is 2. The summed E-state index contributed by atoms with van der Waals surface area (Å²) in [6.07, 6.45) is 0.797. The fourth-order valence-electron chi connectivity index (χ4n) is 2.08. The number of carbonyl (C=O) groups is 1. The van der Waals surface area contributed by atoms with E-state index in [2.05, 4.69) is 10.6 Å². The highest BCUT2D eigenvalue weighted by atomic mass is 19.1. The predicted octanol–water partition coefficient (Wildman–Crippen LogP) is 2.07. The molecule has 1 aromatic rings. The van der Waals surface area contributed by atoms with Gasteiger partial charge in [-0.3, -0.25) is 4.79 Å². The van der Waals surface area contributed by atoms with Crippen LogP contribution in [0.25, 0.3) is 0 Å². The van der Waals surface area contributed by atoms with Gasteiger partial charge < -0.3 is 15.4 Å². The van der Waals surface area contributed by atoms with Crippen LogP contribution in [-0.2, 0) is 16.1 Å². The number of carbonyl (C=O) groups excluding carboxylic acids is 1. The van der Waals surface area contributed by atoms with Gasteiger partial charge in [-0.2, -0.15) is 0 Å². The maximum atomic E-state index is 13.5. The molecule has 0 heterocycles. The maximum Gasteiger partial charge on any atom is 0.236 e. The number of methoxy groups -OCH3 is 1. The van der Waals surface area contributed by atoms with Gasteiger partial charge in [0.05, 0.1) is 6.04 Å². The van der Waals surface area contributed by atoms with Crippen molar-refractivity contribution in [3.63, 3.8) is 0 Å². The van der Waals surface area contributed by atoms with Crippen molar-refractivity contribution in [1.29, 1.82) is 0 Å². The van der Waals surface area contributed by atoms with Gasteiger partial charge in [0.2, 0.25) is 5.91 Å².